The van der Waals surface area contributed by atoms with Gasteiger partial charge in [-0.05, 0) is 69.4 Å². The second-order valence-corrected chi connectivity index (χ2v) is 15.2. The first-order valence-electron chi connectivity index (χ1n) is 20.2. The van der Waals surface area contributed by atoms with Crippen molar-refractivity contribution < 1.29 is 4.42 Å². The molecule has 0 spiro atoms. The summed E-state index contributed by atoms with van der Waals surface area (Å²) in [6, 6.07) is 72.2. The van der Waals surface area contributed by atoms with E-state index in [1.54, 1.807) is 0 Å². The molecule has 0 bridgehead atoms. The Morgan fingerprint density at radius 1 is 0.317 bits per heavy atom. The zero-order valence-electron chi connectivity index (χ0n) is 32.3. The largest absolute Gasteiger partial charge is 0.456 e. The Hall–Kier alpha value is -8.15. The van der Waals surface area contributed by atoms with Gasteiger partial charge in [-0.15, -0.1) is 0 Å². The number of hydrogen-bond donors (Lipinski definition) is 0. The van der Waals surface area contributed by atoms with Crippen molar-refractivity contribution in [3.8, 4) is 62.1 Å². The van der Waals surface area contributed by atoms with Crippen molar-refractivity contribution in [3.63, 3.8) is 0 Å². The van der Waals surface area contributed by atoms with Gasteiger partial charge in [-0.2, -0.15) is 0 Å². The van der Waals surface area contributed by atoms with Gasteiger partial charge in [0.25, 0.3) is 0 Å². The molecule has 0 fully saturated rings. The average Bonchev–Trinajstić information content (AvgIpc) is 3.85. The molecule has 0 unspecified atom stereocenters. The molecule has 280 valence electrons. The molecule has 9 aromatic carbocycles. The molecule has 0 aliphatic heterocycles. The fraction of sp³-hybridized carbons (Fsp3) is 0. The van der Waals surface area contributed by atoms with Crippen LogP contribution in [-0.2, 0) is 0 Å². The second-order valence-electron chi connectivity index (χ2n) is 15.2. The fourth-order valence-corrected chi connectivity index (χ4v) is 8.68. The van der Waals surface area contributed by atoms with E-state index >= 15 is 0 Å². The van der Waals surface area contributed by atoms with Crippen LogP contribution in [0.25, 0.3) is 117 Å². The highest BCUT2D eigenvalue weighted by atomic mass is 16.3. The Morgan fingerprint density at radius 3 is 1.47 bits per heavy atom. The van der Waals surface area contributed by atoms with Gasteiger partial charge < -0.3 is 8.98 Å². The number of nitrogens with zero attached hydrogens (tertiary/aromatic N) is 4. The fourth-order valence-electron chi connectivity index (χ4n) is 8.68. The lowest BCUT2D eigenvalue weighted by Gasteiger charge is -2.15. The van der Waals surface area contributed by atoms with Crippen molar-refractivity contribution in [2.75, 3.05) is 0 Å². The van der Waals surface area contributed by atoms with Crippen molar-refractivity contribution in [2.45, 2.75) is 0 Å². The van der Waals surface area contributed by atoms with Gasteiger partial charge >= 0.3 is 0 Å². The highest BCUT2D eigenvalue weighted by molar-refractivity contribution is 6.15. The van der Waals surface area contributed by atoms with Crippen molar-refractivity contribution in [1.82, 2.24) is 19.5 Å². The lowest BCUT2D eigenvalue weighted by molar-refractivity contribution is 0.669. The third-order valence-corrected chi connectivity index (χ3v) is 11.7. The number of aromatic nitrogens is 4. The van der Waals surface area contributed by atoms with Crippen LogP contribution in [0.15, 0.2) is 211 Å². The molecule has 3 heterocycles. The summed E-state index contributed by atoms with van der Waals surface area (Å²) in [5.74, 6) is 1.73. The Labute approximate surface area is 345 Å². The Kier molecular flexibility index (Phi) is 7.78. The normalized spacial score (nSPS) is 11.7. The molecule has 0 saturated heterocycles. The molecule has 3 aromatic heterocycles. The van der Waals surface area contributed by atoms with E-state index in [2.05, 4.69) is 187 Å². The third kappa shape index (κ3) is 5.67. The van der Waals surface area contributed by atoms with Gasteiger partial charge in [0.05, 0.1) is 16.7 Å². The molecule has 0 aliphatic rings. The summed E-state index contributed by atoms with van der Waals surface area (Å²) in [6.45, 7) is 0. The van der Waals surface area contributed by atoms with Gasteiger partial charge in [-0.3, -0.25) is 0 Å². The van der Waals surface area contributed by atoms with E-state index in [-0.39, 0.29) is 0 Å². The average molecular weight is 767 g/mol. The number of fused-ring (bicyclic) bond motifs is 7. The summed E-state index contributed by atoms with van der Waals surface area (Å²) >= 11 is 0. The zero-order valence-corrected chi connectivity index (χ0v) is 32.3. The molecule has 5 heteroatoms. The lowest BCUT2D eigenvalue weighted by Crippen LogP contribution is -2.04. The quantitative estimate of drug-likeness (QED) is 0.169. The second kappa shape index (κ2) is 13.8. The van der Waals surface area contributed by atoms with E-state index in [0.29, 0.717) is 17.5 Å². The van der Waals surface area contributed by atoms with Gasteiger partial charge in [0.2, 0.25) is 0 Å². The minimum absolute atomic E-state index is 0.554. The SMILES string of the molecule is c1ccc(-c2ccc(-c3nc(-c4ccc(-c5ccccc5)cc4)nc(-c4cc5oc6ccccc6c5cc4-n4c5ccccc5c5cc6ccccc6cc54)n3)cc2)cc1. The van der Waals surface area contributed by atoms with E-state index < -0.39 is 0 Å². The number of hydrogen-bond acceptors (Lipinski definition) is 4. The number of furan rings is 1. The summed E-state index contributed by atoms with van der Waals surface area (Å²) in [5.41, 5.74) is 12.0. The van der Waals surface area contributed by atoms with Gasteiger partial charge in [-0.1, -0.05) is 170 Å². The van der Waals surface area contributed by atoms with Gasteiger partial charge in [-0.25, -0.2) is 15.0 Å². The van der Waals surface area contributed by atoms with E-state index in [0.717, 1.165) is 77.6 Å². The first kappa shape index (κ1) is 33.9. The molecule has 0 radical (unpaired) electrons. The van der Waals surface area contributed by atoms with Crippen LogP contribution in [0.1, 0.15) is 0 Å². The summed E-state index contributed by atoms with van der Waals surface area (Å²) < 4.78 is 8.95. The monoisotopic (exact) mass is 766 g/mol. The maximum Gasteiger partial charge on any atom is 0.166 e. The molecule has 0 saturated carbocycles. The van der Waals surface area contributed by atoms with Crippen LogP contribution in [0.3, 0.4) is 0 Å². The van der Waals surface area contributed by atoms with Crippen LogP contribution in [0.5, 0.6) is 0 Å². The predicted molar refractivity (Wildman–Crippen MR) is 246 cm³/mol. The molecule has 60 heavy (non-hydrogen) atoms. The van der Waals surface area contributed by atoms with Crippen LogP contribution in [0.4, 0.5) is 0 Å². The van der Waals surface area contributed by atoms with Crippen LogP contribution < -0.4 is 0 Å². The third-order valence-electron chi connectivity index (χ3n) is 11.7. The van der Waals surface area contributed by atoms with Crippen molar-refractivity contribution in [1.29, 1.82) is 0 Å². The maximum atomic E-state index is 6.58. The van der Waals surface area contributed by atoms with E-state index in [1.165, 1.54) is 21.5 Å². The van der Waals surface area contributed by atoms with Gasteiger partial charge in [0.15, 0.2) is 17.5 Å². The van der Waals surface area contributed by atoms with Crippen LogP contribution in [-0.4, -0.2) is 19.5 Å². The van der Waals surface area contributed by atoms with Crippen LogP contribution in [0.2, 0.25) is 0 Å². The molecule has 0 N–H and O–H groups in total. The van der Waals surface area contributed by atoms with Crippen LogP contribution in [0, 0.1) is 0 Å². The molecule has 0 atom stereocenters. The van der Waals surface area contributed by atoms with E-state index in [1.807, 2.05) is 24.3 Å². The highest BCUT2D eigenvalue weighted by Crippen LogP contribution is 2.41. The molecular formula is C55H34N4O. The van der Waals surface area contributed by atoms with Gasteiger partial charge in [0.1, 0.15) is 11.2 Å². The number of benzene rings is 9. The Balaban J connectivity index is 1.13. The molecular weight excluding hydrogens is 733 g/mol. The van der Waals surface area contributed by atoms with Crippen molar-refractivity contribution >= 4 is 54.5 Å². The van der Waals surface area contributed by atoms with Crippen LogP contribution >= 0.6 is 0 Å². The minimum atomic E-state index is 0.554. The Morgan fingerprint density at radius 2 is 0.817 bits per heavy atom. The Bertz CT molecular complexity index is 3470. The summed E-state index contributed by atoms with van der Waals surface area (Å²) in [4.78, 5) is 15.8. The first-order chi connectivity index (χ1) is 29.7. The zero-order chi connectivity index (χ0) is 39.6. The topological polar surface area (TPSA) is 56.7 Å². The van der Waals surface area contributed by atoms with E-state index in [9.17, 15) is 0 Å². The molecule has 12 rings (SSSR count). The maximum absolute atomic E-state index is 6.58. The minimum Gasteiger partial charge on any atom is -0.456 e. The summed E-state index contributed by atoms with van der Waals surface area (Å²) in [7, 11) is 0. The molecule has 0 aliphatic carbocycles. The van der Waals surface area contributed by atoms with Gasteiger partial charge in [0, 0.05) is 38.2 Å². The molecule has 12 aromatic rings. The molecule has 5 nitrogen and oxygen atoms in total. The smallest absolute Gasteiger partial charge is 0.166 e. The summed E-state index contributed by atoms with van der Waals surface area (Å²) in [5, 5.41) is 6.82. The van der Waals surface area contributed by atoms with E-state index in [4.69, 9.17) is 19.4 Å². The van der Waals surface area contributed by atoms with Crippen molar-refractivity contribution in [3.05, 3.63) is 206 Å². The standard InChI is InChI=1S/C55H34N4O/c1-3-13-35(14-4-1)37-23-27-39(28-24-37)53-56-54(40-29-25-38(26-30-40)36-15-5-2-6-16-36)58-55(57-53)47-34-52-46(44-20-10-12-22-51(44)60-52)33-50(47)59-48-21-11-9-19-43(48)45-31-41-17-7-8-18-42(41)32-49(45)59/h1-34H. The molecule has 0 amide bonds. The number of para-hydroxylation sites is 2. The predicted octanol–water partition coefficient (Wildman–Crippen LogP) is 14.4. The first-order valence-corrected chi connectivity index (χ1v) is 20.2. The van der Waals surface area contributed by atoms with Crippen molar-refractivity contribution in [2.24, 2.45) is 0 Å². The highest BCUT2D eigenvalue weighted by Gasteiger charge is 2.22. The lowest BCUT2D eigenvalue weighted by atomic mass is 10.0. The number of rotatable bonds is 6. The summed E-state index contributed by atoms with van der Waals surface area (Å²) in [6.07, 6.45) is 0.